The molecule has 0 aliphatic carbocycles. The Balaban J connectivity index is 1.74. The monoisotopic (exact) mass is 524 g/mol. The van der Waals surface area contributed by atoms with Crippen LogP contribution in [0, 0.1) is 5.92 Å². The van der Waals surface area contributed by atoms with Crippen molar-refractivity contribution in [3.8, 4) is 17.1 Å². The zero-order valence-corrected chi connectivity index (χ0v) is 22.4. The molecule has 1 saturated heterocycles. The third-order valence-corrected chi connectivity index (χ3v) is 7.53. The quantitative estimate of drug-likeness (QED) is 0.474. The largest absolute Gasteiger partial charge is 0.475 e. The molecule has 3 aromatic heterocycles. The highest BCUT2D eigenvalue weighted by Crippen LogP contribution is 2.38. The molecule has 3 N–H and O–H groups in total. The minimum atomic E-state index is -4.25. The highest BCUT2D eigenvalue weighted by Gasteiger charge is 2.39. The summed E-state index contributed by atoms with van der Waals surface area (Å²) in [5, 5.41) is 0. The molecule has 1 aliphatic heterocycles. The van der Waals surface area contributed by atoms with E-state index in [9.17, 15) is 13.2 Å². The summed E-state index contributed by atoms with van der Waals surface area (Å²) in [6.45, 7) is 10.8. The smallest absolute Gasteiger partial charge is 0.268 e. The average molecular weight is 525 g/mol. The number of aromatic nitrogens is 3. The van der Waals surface area contributed by atoms with E-state index in [1.165, 1.54) is 18.3 Å². The number of sulfonamides is 1. The molecule has 0 aromatic carbocycles. The number of nitrogens with one attached hydrogen (secondary N) is 1. The van der Waals surface area contributed by atoms with Crippen molar-refractivity contribution >= 4 is 27.6 Å². The molecular formula is C26H32N6O4S. The third kappa shape index (κ3) is 5.66. The molecule has 10 nitrogen and oxygen atoms in total. The summed E-state index contributed by atoms with van der Waals surface area (Å²) in [6, 6.07) is 9.62. The molecule has 1 unspecified atom stereocenters. The van der Waals surface area contributed by atoms with E-state index in [0.717, 1.165) is 12.0 Å². The molecule has 196 valence electrons. The summed E-state index contributed by atoms with van der Waals surface area (Å²) < 4.78 is 33.6. The van der Waals surface area contributed by atoms with Gasteiger partial charge in [0.05, 0.1) is 17.4 Å². The van der Waals surface area contributed by atoms with Gasteiger partial charge in [-0.2, -0.15) is 0 Å². The second-order valence-corrected chi connectivity index (χ2v) is 11.8. The Hall–Kier alpha value is -3.73. The minimum Gasteiger partial charge on any atom is -0.475 e. The Morgan fingerprint density at radius 2 is 1.95 bits per heavy atom. The first-order valence-electron chi connectivity index (χ1n) is 12.1. The van der Waals surface area contributed by atoms with Gasteiger partial charge < -0.3 is 15.4 Å². The molecule has 0 radical (unpaired) electrons. The molecule has 1 aliphatic rings. The van der Waals surface area contributed by atoms with Crippen molar-refractivity contribution in [3.05, 3.63) is 54.4 Å². The number of amides is 1. The van der Waals surface area contributed by atoms with Crippen molar-refractivity contribution in [3.63, 3.8) is 0 Å². The average Bonchev–Trinajstić information content (AvgIpc) is 3.10. The second kappa shape index (κ2) is 9.97. The van der Waals surface area contributed by atoms with E-state index in [0.29, 0.717) is 29.9 Å². The minimum absolute atomic E-state index is 0.00134. The summed E-state index contributed by atoms with van der Waals surface area (Å²) >= 11 is 0. The number of hydrogen-bond donors (Lipinski definition) is 2. The van der Waals surface area contributed by atoms with Crippen molar-refractivity contribution in [1.82, 2.24) is 19.7 Å². The van der Waals surface area contributed by atoms with Gasteiger partial charge in [0.15, 0.2) is 0 Å². The number of nitrogens with zero attached hydrogens (tertiary/aromatic N) is 4. The molecule has 0 bridgehead atoms. The molecule has 37 heavy (non-hydrogen) atoms. The van der Waals surface area contributed by atoms with E-state index in [2.05, 4.69) is 40.4 Å². The van der Waals surface area contributed by atoms with Crippen LogP contribution >= 0.6 is 0 Å². The van der Waals surface area contributed by atoms with E-state index in [4.69, 9.17) is 15.5 Å². The first kappa shape index (κ1) is 26.3. The summed E-state index contributed by atoms with van der Waals surface area (Å²) in [5.74, 6) is 0.282. The fourth-order valence-electron chi connectivity index (χ4n) is 4.66. The molecule has 4 rings (SSSR count). The van der Waals surface area contributed by atoms with Crippen LogP contribution in [0.15, 0.2) is 53.7 Å². The second-order valence-electron chi connectivity index (χ2n) is 10.2. The van der Waals surface area contributed by atoms with E-state index in [-0.39, 0.29) is 27.9 Å². The lowest BCUT2D eigenvalue weighted by Gasteiger charge is -2.34. The summed E-state index contributed by atoms with van der Waals surface area (Å²) in [7, 11) is -4.25. The van der Waals surface area contributed by atoms with Gasteiger partial charge in [-0.1, -0.05) is 6.92 Å². The Morgan fingerprint density at radius 3 is 2.54 bits per heavy atom. The topological polar surface area (TPSA) is 140 Å². The maximum atomic E-state index is 13.4. The lowest BCUT2D eigenvalue weighted by Crippen LogP contribution is -2.41. The maximum absolute atomic E-state index is 13.4. The van der Waals surface area contributed by atoms with Crippen molar-refractivity contribution in [2.45, 2.75) is 57.6 Å². The lowest BCUT2D eigenvalue weighted by atomic mass is 9.97. The molecule has 1 atom stereocenters. The van der Waals surface area contributed by atoms with E-state index >= 15 is 0 Å². The van der Waals surface area contributed by atoms with Gasteiger partial charge in [0.2, 0.25) is 5.88 Å². The van der Waals surface area contributed by atoms with E-state index in [1.807, 2.05) is 19.9 Å². The van der Waals surface area contributed by atoms with Crippen LogP contribution in [0.5, 0.6) is 5.88 Å². The van der Waals surface area contributed by atoms with Crippen LogP contribution < -0.4 is 20.1 Å². The molecule has 1 amide bonds. The number of nitrogens with two attached hydrogens (primary N) is 1. The lowest BCUT2D eigenvalue weighted by molar-refractivity contribution is 0.0981. The maximum Gasteiger partial charge on any atom is 0.268 e. The number of carbonyl (C=O) groups is 1. The van der Waals surface area contributed by atoms with Crippen molar-refractivity contribution in [1.29, 1.82) is 0 Å². The zero-order chi connectivity index (χ0) is 27.0. The molecular weight excluding hydrogens is 492 g/mol. The number of nitrogen functional groups attached to an aromatic ring is 1. The van der Waals surface area contributed by atoms with Gasteiger partial charge in [-0.15, -0.1) is 0 Å². The standard InChI is InChI=1S/C26H32N6O4S/c1-16(2)36-22-11-8-18(14-29-22)20-10-9-19(24(30-20)32-15-17(3)13-26(32,4)5)25(33)31-37(34,35)21-7-6-12-28-23(21)27/h6-12,14,16-17H,13,15H2,1-5H3,(H2,27,28)(H,31,33). The molecule has 0 saturated carbocycles. The van der Waals surface area contributed by atoms with Gasteiger partial charge in [0.1, 0.15) is 16.5 Å². The van der Waals surface area contributed by atoms with Crippen molar-refractivity contribution in [2.75, 3.05) is 17.2 Å². The number of anilines is 2. The molecule has 3 aromatic rings. The Labute approximate surface area is 217 Å². The van der Waals surface area contributed by atoms with Crippen LogP contribution in [0.1, 0.15) is 51.4 Å². The van der Waals surface area contributed by atoms with Crippen molar-refractivity contribution < 1.29 is 17.9 Å². The number of ether oxygens (including phenoxy) is 1. The van der Waals surface area contributed by atoms with Crippen LogP contribution in [0.3, 0.4) is 0 Å². The van der Waals surface area contributed by atoms with Gasteiger partial charge in [-0.25, -0.2) is 28.1 Å². The Morgan fingerprint density at radius 1 is 1.19 bits per heavy atom. The number of hydrogen-bond acceptors (Lipinski definition) is 9. The van der Waals surface area contributed by atoms with Crippen LogP contribution in [0.4, 0.5) is 11.6 Å². The zero-order valence-electron chi connectivity index (χ0n) is 21.6. The molecule has 0 spiro atoms. The predicted octanol–water partition coefficient (Wildman–Crippen LogP) is 3.65. The summed E-state index contributed by atoms with van der Waals surface area (Å²) in [4.78, 5) is 28.2. The third-order valence-electron chi connectivity index (χ3n) is 6.15. The van der Waals surface area contributed by atoms with Crippen LogP contribution in [0.2, 0.25) is 0 Å². The number of rotatable bonds is 7. The number of carbonyl (C=O) groups excluding carboxylic acids is 1. The fourth-order valence-corrected chi connectivity index (χ4v) is 5.71. The Bertz CT molecular complexity index is 1410. The predicted molar refractivity (Wildman–Crippen MR) is 142 cm³/mol. The fraction of sp³-hybridized carbons (Fsp3) is 0.385. The highest BCUT2D eigenvalue weighted by molar-refractivity contribution is 7.90. The first-order chi connectivity index (χ1) is 17.4. The van der Waals surface area contributed by atoms with Gasteiger partial charge in [-0.05, 0) is 70.4 Å². The highest BCUT2D eigenvalue weighted by atomic mass is 32.2. The van der Waals surface area contributed by atoms with E-state index < -0.39 is 15.9 Å². The number of pyridine rings is 3. The first-order valence-corrected chi connectivity index (χ1v) is 13.5. The van der Waals surface area contributed by atoms with Gasteiger partial charge in [-0.3, -0.25) is 4.79 Å². The SMILES string of the molecule is CC1CN(c2nc(-c3ccc(OC(C)C)nc3)ccc2C(=O)NS(=O)(=O)c2cccnc2N)C(C)(C)C1. The Kier molecular flexibility index (Phi) is 7.09. The van der Waals surface area contributed by atoms with Crippen LogP contribution in [-0.2, 0) is 10.0 Å². The van der Waals surface area contributed by atoms with Crippen molar-refractivity contribution in [2.24, 2.45) is 5.92 Å². The summed E-state index contributed by atoms with van der Waals surface area (Å²) in [5.41, 5.74) is 6.94. The van der Waals surface area contributed by atoms with E-state index in [1.54, 1.807) is 24.4 Å². The molecule has 1 fully saturated rings. The summed E-state index contributed by atoms with van der Waals surface area (Å²) in [6.07, 6.45) is 3.94. The van der Waals surface area contributed by atoms with Crippen LogP contribution in [-0.4, -0.2) is 47.5 Å². The van der Waals surface area contributed by atoms with Gasteiger partial charge in [0.25, 0.3) is 15.9 Å². The van der Waals surface area contributed by atoms with Crippen LogP contribution in [0.25, 0.3) is 11.3 Å². The normalized spacial score (nSPS) is 17.1. The van der Waals surface area contributed by atoms with Gasteiger partial charge >= 0.3 is 0 Å². The van der Waals surface area contributed by atoms with Gasteiger partial charge in [0, 0.05) is 36.1 Å². The molecule has 11 heteroatoms. The molecule has 4 heterocycles.